The van der Waals surface area contributed by atoms with Crippen LogP contribution in [0.2, 0.25) is 0 Å². The Labute approximate surface area is 186 Å². The molecule has 2 N–H and O–H groups in total. The van der Waals surface area contributed by atoms with Crippen LogP contribution in [-0.2, 0) is 9.59 Å². The van der Waals surface area contributed by atoms with Crippen LogP contribution in [0.15, 0.2) is 53.7 Å². The predicted octanol–water partition coefficient (Wildman–Crippen LogP) is 2.74. The molecule has 1 atom stereocenters. The Morgan fingerprint density at radius 1 is 1.16 bits per heavy atom. The standard InChI is InChI=1S/C24H26N4O4/c1-14-9-10-16(11-15(14)2)25-20(29)13-28-12-18-21(23(28)30)22(26-24(31)27(18)3)17-7-5-6-8-19(17)32-4/h5-11,22H,12-13H2,1-4H3,(H,25,29)(H,26,31)/t22-/m1/s1. The molecule has 0 fully saturated rings. The van der Waals surface area contributed by atoms with Gasteiger partial charge in [-0.25, -0.2) is 4.79 Å². The Morgan fingerprint density at radius 2 is 1.91 bits per heavy atom. The summed E-state index contributed by atoms with van der Waals surface area (Å²) in [6, 6.07) is 12.0. The molecule has 32 heavy (non-hydrogen) atoms. The molecule has 0 radical (unpaired) electrons. The average molecular weight is 434 g/mol. The molecule has 2 aliphatic heterocycles. The number of aryl methyl sites for hydroxylation is 2. The molecule has 8 heteroatoms. The number of para-hydroxylation sites is 1. The fraction of sp³-hybridized carbons (Fsp3) is 0.292. The molecule has 0 saturated heterocycles. The zero-order valence-electron chi connectivity index (χ0n) is 18.6. The molecule has 2 aliphatic rings. The van der Waals surface area contributed by atoms with Gasteiger partial charge in [0.1, 0.15) is 12.3 Å². The number of ether oxygens (including phenoxy) is 1. The molecule has 2 aromatic carbocycles. The number of rotatable bonds is 5. The van der Waals surface area contributed by atoms with E-state index in [-0.39, 0.29) is 30.9 Å². The molecule has 8 nitrogen and oxygen atoms in total. The number of urea groups is 1. The van der Waals surface area contributed by atoms with E-state index >= 15 is 0 Å². The number of methoxy groups -OCH3 is 1. The van der Waals surface area contributed by atoms with Gasteiger partial charge in [0.25, 0.3) is 5.91 Å². The number of benzene rings is 2. The summed E-state index contributed by atoms with van der Waals surface area (Å²) in [6.07, 6.45) is 0. The van der Waals surface area contributed by atoms with Crippen molar-refractivity contribution in [1.29, 1.82) is 0 Å². The van der Waals surface area contributed by atoms with E-state index < -0.39 is 6.04 Å². The van der Waals surface area contributed by atoms with E-state index in [0.717, 1.165) is 11.1 Å². The summed E-state index contributed by atoms with van der Waals surface area (Å²) in [6.45, 7) is 4.05. The fourth-order valence-corrected chi connectivity index (χ4v) is 4.08. The van der Waals surface area contributed by atoms with Crippen LogP contribution in [0.5, 0.6) is 5.75 Å². The van der Waals surface area contributed by atoms with Gasteiger partial charge in [-0.3, -0.25) is 14.5 Å². The number of carbonyl (C=O) groups excluding carboxylic acids is 3. The van der Waals surface area contributed by atoms with Crippen molar-refractivity contribution < 1.29 is 19.1 Å². The van der Waals surface area contributed by atoms with Gasteiger partial charge < -0.3 is 20.3 Å². The van der Waals surface area contributed by atoms with Crippen LogP contribution in [0, 0.1) is 13.8 Å². The lowest BCUT2D eigenvalue weighted by Crippen LogP contribution is -2.45. The third kappa shape index (κ3) is 3.79. The SMILES string of the molecule is COc1ccccc1[C@H]1NC(=O)N(C)C2=C1C(=O)N(CC(=O)Nc1ccc(C)c(C)c1)C2. The summed E-state index contributed by atoms with van der Waals surface area (Å²) in [4.78, 5) is 41.5. The van der Waals surface area contributed by atoms with Gasteiger partial charge in [-0.15, -0.1) is 0 Å². The highest BCUT2D eigenvalue weighted by Crippen LogP contribution is 2.38. The van der Waals surface area contributed by atoms with E-state index in [1.165, 1.54) is 9.80 Å². The number of hydrogen-bond acceptors (Lipinski definition) is 4. The quantitative estimate of drug-likeness (QED) is 0.757. The smallest absolute Gasteiger partial charge is 0.322 e. The maximum Gasteiger partial charge on any atom is 0.322 e. The highest BCUT2D eigenvalue weighted by molar-refractivity contribution is 6.04. The minimum atomic E-state index is -0.648. The van der Waals surface area contributed by atoms with E-state index in [1.807, 2.05) is 50.2 Å². The molecular formula is C24H26N4O4. The van der Waals surface area contributed by atoms with Crippen LogP contribution in [0.4, 0.5) is 10.5 Å². The van der Waals surface area contributed by atoms with Crippen LogP contribution < -0.4 is 15.4 Å². The Kier molecular flexibility index (Phi) is 5.61. The van der Waals surface area contributed by atoms with Gasteiger partial charge >= 0.3 is 6.03 Å². The molecule has 2 heterocycles. The number of nitrogens with one attached hydrogen (secondary N) is 2. The summed E-state index contributed by atoms with van der Waals surface area (Å²) < 4.78 is 5.44. The van der Waals surface area contributed by atoms with Crippen molar-refractivity contribution in [3.63, 3.8) is 0 Å². The van der Waals surface area contributed by atoms with Gasteiger partial charge in [0.2, 0.25) is 5.91 Å². The third-order valence-electron chi connectivity index (χ3n) is 6.01. The second-order valence-electron chi connectivity index (χ2n) is 8.05. The van der Waals surface area contributed by atoms with Crippen LogP contribution in [0.1, 0.15) is 22.7 Å². The molecule has 0 aliphatic carbocycles. The van der Waals surface area contributed by atoms with Gasteiger partial charge in [0.15, 0.2) is 0 Å². The van der Waals surface area contributed by atoms with Crippen LogP contribution in [-0.4, -0.2) is 54.9 Å². The summed E-state index contributed by atoms with van der Waals surface area (Å²) in [5, 5.41) is 5.74. The predicted molar refractivity (Wildman–Crippen MR) is 120 cm³/mol. The van der Waals surface area contributed by atoms with E-state index in [1.54, 1.807) is 20.2 Å². The first-order chi connectivity index (χ1) is 15.3. The van der Waals surface area contributed by atoms with Gasteiger partial charge in [0.05, 0.1) is 31.0 Å². The normalized spacial score (nSPS) is 17.9. The van der Waals surface area contributed by atoms with Crippen molar-refractivity contribution >= 4 is 23.5 Å². The van der Waals surface area contributed by atoms with Crippen LogP contribution in [0.25, 0.3) is 0 Å². The largest absolute Gasteiger partial charge is 0.496 e. The monoisotopic (exact) mass is 434 g/mol. The van der Waals surface area contributed by atoms with E-state index in [0.29, 0.717) is 28.3 Å². The Hall–Kier alpha value is -3.81. The molecule has 4 rings (SSSR count). The lowest BCUT2D eigenvalue weighted by molar-refractivity contribution is -0.130. The zero-order valence-corrected chi connectivity index (χ0v) is 18.6. The number of hydrogen-bond donors (Lipinski definition) is 2. The summed E-state index contributed by atoms with van der Waals surface area (Å²) in [7, 11) is 3.17. The molecule has 2 aromatic rings. The van der Waals surface area contributed by atoms with Crippen molar-refractivity contribution in [2.75, 3.05) is 32.6 Å². The lowest BCUT2D eigenvalue weighted by Gasteiger charge is -2.31. The third-order valence-corrected chi connectivity index (χ3v) is 6.01. The second kappa shape index (κ2) is 8.37. The molecule has 0 bridgehead atoms. The van der Waals surface area contributed by atoms with Gasteiger partial charge in [0, 0.05) is 18.3 Å². The lowest BCUT2D eigenvalue weighted by atomic mass is 9.95. The first-order valence-electron chi connectivity index (χ1n) is 10.4. The molecule has 0 spiro atoms. The molecule has 0 saturated carbocycles. The molecule has 0 aromatic heterocycles. The number of amides is 4. The van der Waals surface area contributed by atoms with Crippen molar-refractivity contribution in [1.82, 2.24) is 15.1 Å². The Morgan fingerprint density at radius 3 is 2.62 bits per heavy atom. The topological polar surface area (TPSA) is 91.0 Å². The zero-order chi connectivity index (χ0) is 23.0. The average Bonchev–Trinajstić information content (AvgIpc) is 3.09. The second-order valence-corrected chi connectivity index (χ2v) is 8.05. The number of carbonyl (C=O) groups is 3. The summed E-state index contributed by atoms with van der Waals surface area (Å²) >= 11 is 0. The summed E-state index contributed by atoms with van der Waals surface area (Å²) in [5.41, 5.74) is 4.63. The maximum absolute atomic E-state index is 13.3. The summed E-state index contributed by atoms with van der Waals surface area (Å²) in [5.74, 6) is 0.00293. The van der Waals surface area contributed by atoms with Crippen molar-refractivity contribution in [2.24, 2.45) is 0 Å². The molecule has 0 unspecified atom stereocenters. The maximum atomic E-state index is 13.3. The van der Waals surface area contributed by atoms with E-state index in [2.05, 4.69) is 10.6 Å². The van der Waals surface area contributed by atoms with Crippen molar-refractivity contribution in [3.05, 3.63) is 70.4 Å². The van der Waals surface area contributed by atoms with Crippen LogP contribution in [0.3, 0.4) is 0 Å². The van der Waals surface area contributed by atoms with Crippen molar-refractivity contribution in [2.45, 2.75) is 19.9 Å². The minimum Gasteiger partial charge on any atom is -0.496 e. The highest BCUT2D eigenvalue weighted by Gasteiger charge is 2.44. The fourth-order valence-electron chi connectivity index (χ4n) is 4.08. The van der Waals surface area contributed by atoms with E-state index in [4.69, 9.17) is 4.74 Å². The van der Waals surface area contributed by atoms with Gasteiger partial charge in [-0.2, -0.15) is 0 Å². The van der Waals surface area contributed by atoms with Gasteiger partial charge in [-0.1, -0.05) is 24.3 Å². The molecule has 4 amide bonds. The number of nitrogens with zero attached hydrogens (tertiary/aromatic N) is 2. The Bertz CT molecular complexity index is 1140. The van der Waals surface area contributed by atoms with Crippen LogP contribution >= 0.6 is 0 Å². The van der Waals surface area contributed by atoms with Crippen molar-refractivity contribution in [3.8, 4) is 5.75 Å². The highest BCUT2D eigenvalue weighted by atomic mass is 16.5. The first kappa shape index (κ1) is 21.4. The molecule has 166 valence electrons. The van der Waals surface area contributed by atoms with E-state index in [9.17, 15) is 14.4 Å². The Balaban J connectivity index is 1.56. The number of likely N-dealkylation sites (N-methyl/N-ethyl adjacent to an activating group) is 1. The minimum absolute atomic E-state index is 0.112. The first-order valence-corrected chi connectivity index (χ1v) is 10.4. The number of anilines is 1. The van der Waals surface area contributed by atoms with Gasteiger partial charge in [-0.05, 0) is 43.2 Å². The molecular weight excluding hydrogens is 408 g/mol.